The first-order valence-electron chi connectivity index (χ1n) is 3.88. The number of hydrogen-bond donors (Lipinski definition) is 1. The van der Waals surface area contributed by atoms with Crippen LogP contribution in [0.5, 0.6) is 0 Å². The first kappa shape index (κ1) is 13.5. The molecule has 9 heteroatoms. The molecule has 0 aliphatic heterocycles. The fourth-order valence-electron chi connectivity index (χ4n) is 0.613. The van der Waals surface area contributed by atoms with Crippen molar-refractivity contribution in [1.82, 2.24) is 5.32 Å². The van der Waals surface area contributed by atoms with Crippen LogP contribution in [0.25, 0.3) is 10.4 Å². The molecular formula is C6H8F4N4O. The number of nitrogens with zero attached hydrogens (tertiary/aromatic N) is 3. The van der Waals surface area contributed by atoms with Crippen molar-refractivity contribution in [2.24, 2.45) is 5.11 Å². The predicted octanol–water partition coefficient (Wildman–Crippen LogP) is 1.70. The van der Waals surface area contributed by atoms with Crippen LogP contribution in [0.3, 0.4) is 0 Å². The molecule has 0 spiro atoms. The summed E-state index contributed by atoms with van der Waals surface area (Å²) in [7, 11) is 0. The Morgan fingerprint density at radius 2 is 2.13 bits per heavy atom. The van der Waals surface area contributed by atoms with Gasteiger partial charge in [-0.05, 0) is 12.0 Å². The predicted molar refractivity (Wildman–Crippen MR) is 42.6 cm³/mol. The Hall–Kier alpha value is -1.50. The Morgan fingerprint density at radius 1 is 1.53 bits per heavy atom. The van der Waals surface area contributed by atoms with Gasteiger partial charge in [0.15, 0.2) is 0 Å². The topological polar surface area (TPSA) is 77.9 Å². The van der Waals surface area contributed by atoms with E-state index in [9.17, 15) is 22.4 Å². The van der Waals surface area contributed by atoms with E-state index in [2.05, 4.69) is 10.0 Å². The lowest BCUT2D eigenvalue weighted by Crippen LogP contribution is -2.45. The zero-order valence-electron chi connectivity index (χ0n) is 7.46. The van der Waals surface area contributed by atoms with Gasteiger partial charge in [0.25, 0.3) is 5.91 Å². The molecule has 0 aromatic carbocycles. The highest BCUT2D eigenvalue weighted by atomic mass is 19.3. The van der Waals surface area contributed by atoms with Crippen molar-refractivity contribution < 1.29 is 22.4 Å². The second kappa shape index (κ2) is 6.07. The third-order valence-corrected chi connectivity index (χ3v) is 1.36. The van der Waals surface area contributed by atoms with Crippen molar-refractivity contribution in [3.63, 3.8) is 0 Å². The number of hydrogen-bond acceptors (Lipinski definition) is 2. The van der Waals surface area contributed by atoms with Crippen LogP contribution >= 0.6 is 0 Å². The summed E-state index contributed by atoms with van der Waals surface area (Å²) in [5, 5.41) is 4.67. The minimum Gasteiger partial charge on any atom is -0.351 e. The van der Waals surface area contributed by atoms with Gasteiger partial charge in [-0.1, -0.05) is 5.11 Å². The molecule has 0 bridgehead atoms. The zero-order valence-corrected chi connectivity index (χ0v) is 7.46. The molecular weight excluding hydrogens is 220 g/mol. The van der Waals surface area contributed by atoms with Crippen molar-refractivity contribution in [2.75, 3.05) is 13.1 Å². The molecule has 0 heterocycles. The van der Waals surface area contributed by atoms with Crippen LogP contribution in [0.2, 0.25) is 0 Å². The Bertz CT molecular complexity index is 264. The van der Waals surface area contributed by atoms with Gasteiger partial charge in [0.05, 0.1) is 0 Å². The Morgan fingerprint density at radius 3 is 2.60 bits per heavy atom. The maximum atomic E-state index is 12.3. The molecule has 0 unspecified atom stereocenters. The van der Waals surface area contributed by atoms with Crippen LogP contribution in [0.1, 0.15) is 6.42 Å². The SMILES string of the molecule is [N-]=[N+]=NCCCNC(=O)C(F)(F)C(F)F. The van der Waals surface area contributed by atoms with E-state index in [1.807, 2.05) is 0 Å². The highest BCUT2D eigenvalue weighted by molar-refractivity contribution is 5.83. The lowest BCUT2D eigenvalue weighted by atomic mass is 10.3. The molecule has 0 radical (unpaired) electrons. The highest BCUT2D eigenvalue weighted by Gasteiger charge is 2.48. The summed E-state index contributed by atoms with van der Waals surface area (Å²) in [5.74, 6) is -6.71. The number of carbonyl (C=O) groups is 1. The fraction of sp³-hybridized carbons (Fsp3) is 0.833. The van der Waals surface area contributed by atoms with Crippen molar-refractivity contribution >= 4 is 5.91 Å². The minimum absolute atomic E-state index is 0.00295. The minimum atomic E-state index is -4.68. The monoisotopic (exact) mass is 228 g/mol. The van der Waals surface area contributed by atoms with Crippen molar-refractivity contribution in [3.05, 3.63) is 10.4 Å². The molecule has 0 fully saturated rings. The molecule has 15 heavy (non-hydrogen) atoms. The Kier molecular flexibility index (Phi) is 5.46. The lowest BCUT2D eigenvalue weighted by Gasteiger charge is -2.14. The van der Waals surface area contributed by atoms with Gasteiger partial charge < -0.3 is 5.32 Å². The maximum absolute atomic E-state index is 12.3. The van der Waals surface area contributed by atoms with E-state index in [1.165, 1.54) is 0 Å². The summed E-state index contributed by atoms with van der Waals surface area (Å²) in [5.41, 5.74) is 7.83. The molecule has 0 aromatic heterocycles. The van der Waals surface area contributed by atoms with E-state index in [1.54, 1.807) is 5.32 Å². The summed E-state index contributed by atoms with van der Waals surface area (Å²) in [6.45, 7) is -0.253. The van der Waals surface area contributed by atoms with E-state index >= 15 is 0 Å². The first-order valence-corrected chi connectivity index (χ1v) is 3.88. The standard InChI is InChI=1S/C6H8F4N4O/c7-4(8)6(9,10)5(15)12-2-1-3-13-14-11/h4H,1-3H2,(H,12,15). The van der Waals surface area contributed by atoms with Gasteiger partial charge in [-0.15, -0.1) is 0 Å². The van der Waals surface area contributed by atoms with Crippen molar-refractivity contribution in [1.29, 1.82) is 0 Å². The molecule has 5 nitrogen and oxygen atoms in total. The average molecular weight is 228 g/mol. The summed E-state index contributed by atoms with van der Waals surface area (Å²) < 4.78 is 47.8. The molecule has 0 saturated carbocycles. The van der Waals surface area contributed by atoms with Crippen molar-refractivity contribution in [2.45, 2.75) is 18.8 Å². The van der Waals surface area contributed by atoms with Gasteiger partial charge in [-0.2, -0.15) is 8.78 Å². The summed E-state index contributed by atoms with van der Waals surface area (Å²) >= 11 is 0. The van der Waals surface area contributed by atoms with Crippen LogP contribution in [0, 0.1) is 0 Å². The number of amides is 1. The zero-order chi connectivity index (χ0) is 11.9. The number of halogens is 4. The summed E-state index contributed by atoms with van der Waals surface area (Å²) in [6, 6.07) is 0. The number of carbonyl (C=O) groups excluding carboxylic acids is 1. The molecule has 0 aliphatic carbocycles. The molecule has 1 N–H and O–H groups in total. The van der Waals surface area contributed by atoms with Gasteiger partial charge in [0.2, 0.25) is 0 Å². The second-order valence-electron chi connectivity index (χ2n) is 2.49. The molecule has 0 rings (SSSR count). The van der Waals surface area contributed by atoms with Crippen LogP contribution in [-0.2, 0) is 4.79 Å². The second-order valence-corrected chi connectivity index (χ2v) is 2.49. The van der Waals surface area contributed by atoms with Gasteiger partial charge in [0, 0.05) is 18.0 Å². The van der Waals surface area contributed by atoms with Gasteiger partial charge in [0.1, 0.15) is 0 Å². The molecule has 0 aromatic rings. The largest absolute Gasteiger partial charge is 0.383 e. The number of nitrogens with one attached hydrogen (secondary N) is 1. The Labute approximate surface area is 82.1 Å². The van der Waals surface area contributed by atoms with Gasteiger partial charge >= 0.3 is 12.3 Å². The number of rotatable bonds is 6. The van der Waals surface area contributed by atoms with Gasteiger partial charge in [-0.25, -0.2) is 8.78 Å². The summed E-state index contributed by atoms with van der Waals surface area (Å²) in [6.07, 6.45) is -3.93. The first-order chi connectivity index (χ1) is 6.92. The Balaban J connectivity index is 3.88. The fourth-order valence-corrected chi connectivity index (χ4v) is 0.613. The van der Waals surface area contributed by atoms with E-state index in [0.29, 0.717) is 0 Å². The number of azide groups is 1. The van der Waals surface area contributed by atoms with E-state index in [4.69, 9.17) is 5.53 Å². The highest BCUT2D eigenvalue weighted by Crippen LogP contribution is 2.22. The number of alkyl halides is 4. The lowest BCUT2D eigenvalue weighted by molar-refractivity contribution is -0.169. The van der Waals surface area contributed by atoms with E-state index < -0.39 is 18.3 Å². The van der Waals surface area contributed by atoms with Crippen LogP contribution in [0.4, 0.5) is 17.6 Å². The van der Waals surface area contributed by atoms with E-state index in [0.717, 1.165) is 0 Å². The third kappa shape index (κ3) is 4.50. The normalized spacial score (nSPS) is 11.0. The van der Waals surface area contributed by atoms with Crippen LogP contribution in [0.15, 0.2) is 5.11 Å². The average Bonchev–Trinajstić information content (AvgIpc) is 2.16. The van der Waals surface area contributed by atoms with E-state index in [-0.39, 0.29) is 19.5 Å². The molecule has 0 atom stereocenters. The maximum Gasteiger partial charge on any atom is 0.383 e. The smallest absolute Gasteiger partial charge is 0.351 e. The molecule has 0 saturated heterocycles. The molecule has 0 aliphatic rings. The van der Waals surface area contributed by atoms with Crippen molar-refractivity contribution in [3.8, 4) is 0 Å². The quantitative estimate of drug-likeness (QED) is 0.242. The van der Waals surface area contributed by atoms with Gasteiger partial charge in [-0.3, -0.25) is 4.79 Å². The summed E-state index contributed by atoms with van der Waals surface area (Å²) in [4.78, 5) is 12.9. The molecule has 1 amide bonds. The molecule has 86 valence electrons. The third-order valence-electron chi connectivity index (χ3n) is 1.36. The van der Waals surface area contributed by atoms with Crippen LogP contribution < -0.4 is 5.32 Å². The van der Waals surface area contributed by atoms with Crippen LogP contribution in [-0.4, -0.2) is 31.3 Å².